The van der Waals surface area contributed by atoms with E-state index >= 15 is 0 Å². The molecule has 0 aliphatic carbocycles. The number of sulfonamides is 1. The van der Waals surface area contributed by atoms with Crippen molar-refractivity contribution in [1.29, 1.82) is 0 Å². The van der Waals surface area contributed by atoms with Gasteiger partial charge in [0.1, 0.15) is 0 Å². The van der Waals surface area contributed by atoms with E-state index < -0.39 is 15.9 Å². The molecule has 0 aliphatic rings. The van der Waals surface area contributed by atoms with Crippen molar-refractivity contribution in [2.24, 2.45) is 0 Å². The van der Waals surface area contributed by atoms with Crippen LogP contribution in [0.5, 0.6) is 0 Å². The fraction of sp³-hybridized carbons (Fsp3) is 0.250. The largest absolute Gasteiger partial charge is 0.321 e. The molecule has 1 heterocycles. The molecule has 0 aliphatic heterocycles. The van der Waals surface area contributed by atoms with Gasteiger partial charge in [-0.2, -0.15) is 5.10 Å². The molecule has 0 fully saturated rings. The summed E-state index contributed by atoms with van der Waals surface area (Å²) in [6.07, 6.45) is 0.702. The van der Waals surface area contributed by atoms with E-state index in [1.165, 1.54) is 43.0 Å². The van der Waals surface area contributed by atoms with E-state index in [-0.39, 0.29) is 16.1 Å². The number of hydrogen-bond acceptors (Lipinski definition) is 5. The Morgan fingerprint density at radius 3 is 2.28 bits per heavy atom. The molecular formula is C20H22N4O4S. The second kappa shape index (κ2) is 8.14. The van der Waals surface area contributed by atoms with Crippen LogP contribution in [0, 0.1) is 0 Å². The average Bonchev–Trinajstić information content (AvgIpc) is 2.70. The number of fused-ring (bicyclic) bond motifs is 1. The topological polar surface area (TPSA) is 101 Å². The molecular weight excluding hydrogens is 392 g/mol. The van der Waals surface area contributed by atoms with Gasteiger partial charge in [0, 0.05) is 31.7 Å². The summed E-state index contributed by atoms with van der Waals surface area (Å²) in [6, 6.07) is 12.7. The summed E-state index contributed by atoms with van der Waals surface area (Å²) < 4.78 is 26.7. The van der Waals surface area contributed by atoms with Gasteiger partial charge in [0.2, 0.25) is 10.0 Å². The molecule has 0 radical (unpaired) electrons. The van der Waals surface area contributed by atoms with E-state index in [9.17, 15) is 18.0 Å². The summed E-state index contributed by atoms with van der Waals surface area (Å²) >= 11 is 0. The number of carbonyl (C=O) groups excluding carboxylic acids is 1. The van der Waals surface area contributed by atoms with Crippen molar-refractivity contribution in [3.05, 3.63) is 64.6 Å². The predicted octanol–water partition coefficient (Wildman–Crippen LogP) is 2.31. The Morgan fingerprint density at radius 1 is 1.07 bits per heavy atom. The van der Waals surface area contributed by atoms with Crippen molar-refractivity contribution in [3.63, 3.8) is 0 Å². The number of nitrogens with one attached hydrogen (secondary N) is 1. The second-order valence-electron chi connectivity index (χ2n) is 6.69. The minimum atomic E-state index is -3.55. The molecule has 2 aromatic carbocycles. The first-order chi connectivity index (χ1) is 13.8. The quantitative estimate of drug-likeness (QED) is 0.667. The molecule has 29 heavy (non-hydrogen) atoms. The molecule has 0 saturated carbocycles. The Balaban J connectivity index is 1.96. The van der Waals surface area contributed by atoms with Crippen molar-refractivity contribution >= 4 is 32.4 Å². The number of rotatable bonds is 6. The highest BCUT2D eigenvalue weighted by atomic mass is 32.2. The smallest absolute Gasteiger partial charge is 0.276 e. The van der Waals surface area contributed by atoms with Crippen molar-refractivity contribution in [2.75, 3.05) is 19.4 Å². The Labute approximate surface area is 168 Å². The Hall–Kier alpha value is -3.04. The number of amides is 1. The highest BCUT2D eigenvalue weighted by Gasteiger charge is 2.19. The van der Waals surface area contributed by atoms with Crippen molar-refractivity contribution < 1.29 is 13.2 Å². The van der Waals surface area contributed by atoms with Crippen LogP contribution in [0.1, 0.15) is 23.8 Å². The van der Waals surface area contributed by atoms with Crippen LogP contribution in [0.4, 0.5) is 5.69 Å². The molecule has 3 rings (SSSR count). The molecule has 0 saturated heterocycles. The highest BCUT2D eigenvalue weighted by molar-refractivity contribution is 7.89. The van der Waals surface area contributed by atoms with Gasteiger partial charge in [-0.05, 0) is 36.8 Å². The summed E-state index contributed by atoms with van der Waals surface area (Å²) in [4.78, 5) is 25.5. The van der Waals surface area contributed by atoms with Gasteiger partial charge in [-0.15, -0.1) is 0 Å². The van der Waals surface area contributed by atoms with Crippen molar-refractivity contribution in [2.45, 2.75) is 24.8 Å². The van der Waals surface area contributed by atoms with Gasteiger partial charge in [0.05, 0.1) is 10.3 Å². The SMILES string of the molecule is CCCn1nc(C(=O)Nc2ccc(S(=O)(=O)N(C)C)cc2)c2ccccc2c1=O. The van der Waals surface area contributed by atoms with E-state index in [0.29, 0.717) is 29.4 Å². The lowest BCUT2D eigenvalue weighted by Crippen LogP contribution is -2.27. The van der Waals surface area contributed by atoms with Gasteiger partial charge in [-0.25, -0.2) is 17.4 Å². The Kier molecular flexibility index (Phi) is 5.81. The maximum absolute atomic E-state index is 12.9. The fourth-order valence-corrected chi connectivity index (χ4v) is 3.78. The van der Waals surface area contributed by atoms with Crippen LogP contribution >= 0.6 is 0 Å². The second-order valence-corrected chi connectivity index (χ2v) is 8.84. The Morgan fingerprint density at radius 2 is 1.69 bits per heavy atom. The van der Waals surface area contributed by atoms with Gasteiger partial charge in [-0.1, -0.05) is 25.1 Å². The van der Waals surface area contributed by atoms with Crippen LogP contribution in [-0.4, -0.2) is 42.5 Å². The standard InChI is InChI=1S/C20H22N4O4S/c1-4-13-24-20(26)17-8-6-5-7-16(17)18(22-24)19(25)21-14-9-11-15(12-10-14)29(27,28)23(2)3/h5-12H,4,13H2,1-3H3,(H,21,25). The molecule has 8 nitrogen and oxygen atoms in total. The highest BCUT2D eigenvalue weighted by Crippen LogP contribution is 2.19. The maximum Gasteiger partial charge on any atom is 0.276 e. The van der Waals surface area contributed by atoms with Gasteiger partial charge in [0.25, 0.3) is 11.5 Å². The summed E-state index contributed by atoms with van der Waals surface area (Å²) in [7, 11) is -0.647. The number of anilines is 1. The third kappa shape index (κ3) is 4.06. The molecule has 3 aromatic rings. The van der Waals surface area contributed by atoms with E-state index in [1.54, 1.807) is 24.3 Å². The summed E-state index contributed by atoms with van der Waals surface area (Å²) in [6.45, 7) is 2.33. The monoisotopic (exact) mass is 414 g/mol. The molecule has 1 aromatic heterocycles. The van der Waals surface area contributed by atoms with Crippen LogP contribution < -0.4 is 10.9 Å². The number of hydrogen-bond donors (Lipinski definition) is 1. The minimum Gasteiger partial charge on any atom is -0.321 e. The van der Waals surface area contributed by atoms with Crippen molar-refractivity contribution in [1.82, 2.24) is 14.1 Å². The van der Waals surface area contributed by atoms with Gasteiger partial charge in [0.15, 0.2) is 5.69 Å². The van der Waals surface area contributed by atoms with Crippen LogP contribution in [0.15, 0.2) is 58.2 Å². The fourth-order valence-electron chi connectivity index (χ4n) is 2.88. The normalized spacial score (nSPS) is 11.7. The average molecular weight is 414 g/mol. The zero-order valence-corrected chi connectivity index (χ0v) is 17.2. The lowest BCUT2D eigenvalue weighted by atomic mass is 10.1. The molecule has 0 bridgehead atoms. The summed E-state index contributed by atoms with van der Waals surface area (Å²) in [5.41, 5.74) is 0.322. The summed E-state index contributed by atoms with van der Waals surface area (Å²) in [5.74, 6) is -0.478. The van der Waals surface area contributed by atoms with Crippen molar-refractivity contribution in [3.8, 4) is 0 Å². The van der Waals surface area contributed by atoms with Gasteiger partial charge in [-0.3, -0.25) is 9.59 Å². The summed E-state index contributed by atoms with van der Waals surface area (Å²) in [5, 5.41) is 7.87. The third-order valence-electron chi connectivity index (χ3n) is 4.41. The molecule has 0 unspecified atom stereocenters. The lowest BCUT2D eigenvalue weighted by molar-refractivity contribution is 0.102. The molecule has 1 amide bonds. The minimum absolute atomic E-state index is 0.126. The first-order valence-corrected chi connectivity index (χ1v) is 10.5. The maximum atomic E-state index is 12.9. The van der Waals surface area contributed by atoms with Crippen LogP contribution in [0.2, 0.25) is 0 Å². The van der Waals surface area contributed by atoms with Crippen LogP contribution in [0.25, 0.3) is 10.8 Å². The molecule has 9 heteroatoms. The molecule has 152 valence electrons. The van der Waals surface area contributed by atoms with E-state index in [2.05, 4.69) is 10.4 Å². The van der Waals surface area contributed by atoms with E-state index in [0.717, 1.165) is 4.31 Å². The van der Waals surface area contributed by atoms with Crippen LogP contribution in [0.3, 0.4) is 0 Å². The number of aryl methyl sites for hydroxylation is 1. The zero-order valence-electron chi connectivity index (χ0n) is 16.4. The zero-order chi connectivity index (χ0) is 21.2. The van der Waals surface area contributed by atoms with Gasteiger partial charge < -0.3 is 5.32 Å². The number of carbonyl (C=O) groups is 1. The molecule has 1 N–H and O–H groups in total. The molecule has 0 spiro atoms. The van der Waals surface area contributed by atoms with Gasteiger partial charge >= 0.3 is 0 Å². The number of aromatic nitrogens is 2. The Bertz CT molecular complexity index is 1220. The van der Waals surface area contributed by atoms with Crippen LogP contribution in [-0.2, 0) is 16.6 Å². The molecule has 0 atom stereocenters. The number of benzene rings is 2. The predicted molar refractivity (Wildman–Crippen MR) is 112 cm³/mol. The first kappa shape index (κ1) is 20.7. The van der Waals surface area contributed by atoms with E-state index in [4.69, 9.17) is 0 Å². The van der Waals surface area contributed by atoms with E-state index in [1.807, 2.05) is 6.92 Å². The third-order valence-corrected chi connectivity index (χ3v) is 6.24. The number of nitrogens with zero attached hydrogens (tertiary/aromatic N) is 3. The lowest BCUT2D eigenvalue weighted by Gasteiger charge is -2.13. The first-order valence-electron chi connectivity index (χ1n) is 9.09.